The molecule has 4 nitrogen and oxygen atoms in total. The molecule has 0 unspecified atom stereocenters. The van der Waals surface area contributed by atoms with Crippen LogP contribution in [0.1, 0.15) is 54.0 Å². The van der Waals surface area contributed by atoms with E-state index < -0.39 is 5.91 Å². The fourth-order valence-electron chi connectivity index (χ4n) is 3.61. The molecule has 162 valence electrons. The molecule has 3 aromatic rings. The third kappa shape index (κ3) is 5.57. The van der Waals surface area contributed by atoms with E-state index >= 15 is 0 Å². The Balaban J connectivity index is 2.10. The van der Waals surface area contributed by atoms with Gasteiger partial charge in [-0.15, -0.1) is 0 Å². The fourth-order valence-corrected chi connectivity index (χ4v) is 3.92. The number of pyridine rings is 1. The maximum Gasteiger partial charge on any atom is 0.261 e. The number of hydrogen-bond donors (Lipinski definition) is 1. The van der Waals surface area contributed by atoms with Crippen molar-refractivity contribution >= 4 is 34.8 Å². The first-order valence-corrected chi connectivity index (χ1v) is 11.3. The van der Waals surface area contributed by atoms with E-state index in [0.29, 0.717) is 35.1 Å². The molecule has 0 atom stereocenters. The minimum atomic E-state index is -0.434. The Kier molecular flexibility index (Phi) is 7.94. The maximum absolute atomic E-state index is 13.2. The molecule has 1 amide bonds. The van der Waals surface area contributed by atoms with Gasteiger partial charge in [-0.25, -0.2) is 0 Å². The predicted molar refractivity (Wildman–Crippen MR) is 129 cm³/mol. The molecule has 1 N–H and O–H groups in total. The van der Waals surface area contributed by atoms with Crippen LogP contribution >= 0.6 is 23.2 Å². The number of nitrogens with one attached hydrogen (secondary N) is 1. The monoisotopic (exact) mass is 456 g/mol. The molecule has 6 heteroatoms. The number of carbonyl (C=O) groups excluding carboxylic acids is 1. The summed E-state index contributed by atoms with van der Waals surface area (Å²) in [5, 5.41) is 3.92. The summed E-state index contributed by atoms with van der Waals surface area (Å²) < 4.78 is 2.10. The molecule has 0 saturated carbocycles. The van der Waals surface area contributed by atoms with Crippen LogP contribution in [-0.4, -0.2) is 10.5 Å². The number of anilines is 1. The zero-order chi connectivity index (χ0) is 22.4. The number of halogens is 2. The summed E-state index contributed by atoms with van der Waals surface area (Å²) in [4.78, 5) is 26.2. The molecule has 0 saturated heterocycles. The number of hydrogen-bond acceptors (Lipinski definition) is 2. The molecule has 31 heavy (non-hydrogen) atoms. The molecule has 0 radical (unpaired) electrons. The normalized spacial score (nSPS) is 10.8. The van der Waals surface area contributed by atoms with E-state index in [9.17, 15) is 9.59 Å². The van der Waals surface area contributed by atoms with E-state index in [4.69, 9.17) is 23.2 Å². The Bertz CT molecular complexity index is 1120. The molecule has 0 fully saturated rings. The SMILES string of the molecule is CCCCc1c(C(=O)Nc2ccccc2Cl)c(=O)cc(CC)n1Cc1ccc(Cl)cc1. The van der Waals surface area contributed by atoms with E-state index in [1.165, 1.54) is 0 Å². The van der Waals surface area contributed by atoms with Crippen LogP contribution in [0.2, 0.25) is 10.0 Å². The first-order chi connectivity index (χ1) is 14.9. The minimum absolute atomic E-state index is 0.180. The number of carbonyl (C=O) groups is 1. The third-order valence-corrected chi connectivity index (χ3v) is 5.82. The second-order valence-electron chi connectivity index (χ2n) is 7.43. The van der Waals surface area contributed by atoms with Crippen molar-refractivity contribution in [3.05, 3.63) is 97.4 Å². The predicted octanol–water partition coefficient (Wildman–Crippen LogP) is 6.36. The van der Waals surface area contributed by atoms with E-state index in [1.807, 2.05) is 31.2 Å². The van der Waals surface area contributed by atoms with Crippen molar-refractivity contribution in [1.29, 1.82) is 0 Å². The van der Waals surface area contributed by atoms with Gasteiger partial charge in [0.15, 0.2) is 5.43 Å². The second-order valence-corrected chi connectivity index (χ2v) is 8.27. The van der Waals surface area contributed by atoms with Gasteiger partial charge >= 0.3 is 0 Å². The van der Waals surface area contributed by atoms with Gasteiger partial charge in [0.1, 0.15) is 5.56 Å². The summed E-state index contributed by atoms with van der Waals surface area (Å²) in [6, 6.07) is 16.2. The molecule has 0 spiro atoms. The van der Waals surface area contributed by atoms with Crippen LogP contribution in [0.5, 0.6) is 0 Å². The number of nitrogens with zero attached hydrogens (tertiary/aromatic N) is 1. The molecule has 0 bridgehead atoms. The van der Waals surface area contributed by atoms with Gasteiger partial charge in [-0.1, -0.05) is 67.7 Å². The van der Waals surface area contributed by atoms with Gasteiger partial charge in [-0.05, 0) is 49.1 Å². The van der Waals surface area contributed by atoms with E-state index in [0.717, 1.165) is 29.8 Å². The van der Waals surface area contributed by atoms with Crippen LogP contribution in [0.3, 0.4) is 0 Å². The standard InChI is InChI=1S/C25H26Cl2N2O2/c1-3-5-10-22-24(25(31)28-21-9-7-6-8-20(21)27)23(30)15-19(4-2)29(22)16-17-11-13-18(26)14-12-17/h6-9,11-15H,3-5,10,16H2,1-2H3,(H,28,31). The van der Waals surface area contributed by atoms with Crippen molar-refractivity contribution in [3.63, 3.8) is 0 Å². The van der Waals surface area contributed by atoms with Crippen LogP contribution in [0.4, 0.5) is 5.69 Å². The lowest BCUT2D eigenvalue weighted by Crippen LogP contribution is -2.29. The highest BCUT2D eigenvalue weighted by Crippen LogP contribution is 2.23. The van der Waals surface area contributed by atoms with Gasteiger partial charge in [0.2, 0.25) is 0 Å². The third-order valence-electron chi connectivity index (χ3n) is 5.24. The molecular weight excluding hydrogens is 431 g/mol. The van der Waals surface area contributed by atoms with Gasteiger partial charge in [0, 0.05) is 29.0 Å². The molecule has 0 aliphatic heterocycles. The summed E-state index contributed by atoms with van der Waals surface area (Å²) in [5.41, 5.74) is 3.11. The van der Waals surface area contributed by atoms with Crippen LogP contribution in [0.25, 0.3) is 0 Å². The number of para-hydroxylation sites is 1. The number of amides is 1. The van der Waals surface area contributed by atoms with E-state index in [1.54, 1.807) is 30.3 Å². The Hall–Kier alpha value is -2.56. The van der Waals surface area contributed by atoms with Gasteiger partial charge in [-0.3, -0.25) is 9.59 Å². The number of aromatic nitrogens is 1. The Morgan fingerprint density at radius 2 is 1.74 bits per heavy atom. The quantitative estimate of drug-likeness (QED) is 0.428. The highest BCUT2D eigenvalue weighted by molar-refractivity contribution is 6.34. The first kappa shape index (κ1) is 23.1. The molecule has 0 aliphatic rings. The van der Waals surface area contributed by atoms with E-state index in [2.05, 4.69) is 16.8 Å². The van der Waals surface area contributed by atoms with Crippen molar-refractivity contribution in [1.82, 2.24) is 4.57 Å². The summed E-state index contributed by atoms with van der Waals surface area (Å²) in [5.74, 6) is -0.434. The lowest BCUT2D eigenvalue weighted by Gasteiger charge is -2.21. The van der Waals surface area contributed by atoms with Gasteiger partial charge in [0.05, 0.1) is 10.7 Å². The topological polar surface area (TPSA) is 51.1 Å². The van der Waals surface area contributed by atoms with Crippen molar-refractivity contribution in [2.75, 3.05) is 5.32 Å². The summed E-state index contributed by atoms with van der Waals surface area (Å²) >= 11 is 12.2. The Labute approximate surface area is 192 Å². The number of rotatable bonds is 8. The maximum atomic E-state index is 13.2. The minimum Gasteiger partial charge on any atom is -0.343 e. The summed E-state index contributed by atoms with van der Waals surface area (Å²) in [6.07, 6.45) is 3.16. The Morgan fingerprint density at radius 3 is 2.39 bits per heavy atom. The van der Waals surface area contributed by atoms with Crippen molar-refractivity contribution in [2.24, 2.45) is 0 Å². The zero-order valence-corrected chi connectivity index (χ0v) is 19.3. The Morgan fingerprint density at radius 1 is 1.03 bits per heavy atom. The van der Waals surface area contributed by atoms with Crippen molar-refractivity contribution < 1.29 is 4.79 Å². The molecule has 2 aromatic carbocycles. The summed E-state index contributed by atoms with van der Waals surface area (Å²) in [6.45, 7) is 4.67. The lowest BCUT2D eigenvalue weighted by molar-refractivity contribution is 0.102. The molecule has 1 heterocycles. The van der Waals surface area contributed by atoms with E-state index in [-0.39, 0.29) is 11.0 Å². The molecule has 1 aromatic heterocycles. The van der Waals surface area contributed by atoms with Crippen molar-refractivity contribution in [2.45, 2.75) is 46.1 Å². The van der Waals surface area contributed by atoms with Gasteiger partial charge in [-0.2, -0.15) is 0 Å². The van der Waals surface area contributed by atoms with Crippen molar-refractivity contribution in [3.8, 4) is 0 Å². The zero-order valence-electron chi connectivity index (χ0n) is 17.8. The first-order valence-electron chi connectivity index (χ1n) is 10.5. The average molecular weight is 457 g/mol. The second kappa shape index (κ2) is 10.7. The highest BCUT2D eigenvalue weighted by Gasteiger charge is 2.21. The number of aryl methyl sites for hydroxylation is 1. The van der Waals surface area contributed by atoms with Gasteiger partial charge < -0.3 is 9.88 Å². The van der Waals surface area contributed by atoms with Crippen LogP contribution in [0, 0.1) is 0 Å². The fraction of sp³-hybridized carbons (Fsp3) is 0.280. The van der Waals surface area contributed by atoms with Crippen LogP contribution in [-0.2, 0) is 19.4 Å². The molecule has 0 aliphatic carbocycles. The number of unbranched alkanes of at least 4 members (excludes halogenated alkanes) is 1. The van der Waals surface area contributed by atoms with Gasteiger partial charge in [0.25, 0.3) is 5.91 Å². The lowest BCUT2D eigenvalue weighted by atomic mass is 10.0. The van der Waals surface area contributed by atoms with Crippen LogP contribution in [0.15, 0.2) is 59.4 Å². The smallest absolute Gasteiger partial charge is 0.261 e. The summed E-state index contributed by atoms with van der Waals surface area (Å²) in [7, 11) is 0. The van der Waals surface area contributed by atoms with Crippen LogP contribution < -0.4 is 10.7 Å². The number of benzene rings is 2. The average Bonchev–Trinajstić information content (AvgIpc) is 2.76. The largest absolute Gasteiger partial charge is 0.343 e. The highest BCUT2D eigenvalue weighted by atomic mass is 35.5. The molecular formula is C25H26Cl2N2O2. The molecule has 3 rings (SSSR count).